The number of esters is 1. The maximum absolute atomic E-state index is 13.4. The highest BCUT2D eigenvalue weighted by Crippen LogP contribution is 2.31. The summed E-state index contributed by atoms with van der Waals surface area (Å²) in [7, 11) is 2.69. The predicted octanol–water partition coefficient (Wildman–Crippen LogP) is 3.43. The molecule has 0 spiro atoms. The Bertz CT molecular complexity index is 1310. The summed E-state index contributed by atoms with van der Waals surface area (Å²) in [4.78, 5) is 56.4. The Balaban J connectivity index is 1.62. The van der Waals surface area contributed by atoms with Gasteiger partial charge in [-0.05, 0) is 23.3 Å². The van der Waals surface area contributed by atoms with E-state index in [0.717, 1.165) is 21.8 Å². The van der Waals surface area contributed by atoms with E-state index in [-0.39, 0.29) is 22.3 Å². The highest BCUT2D eigenvalue weighted by molar-refractivity contribution is 7.14. The molecule has 0 bridgehead atoms. The number of carbonyl (C=O) groups is 4. The van der Waals surface area contributed by atoms with Gasteiger partial charge in [0, 0.05) is 11.8 Å². The molecule has 1 aliphatic heterocycles. The van der Waals surface area contributed by atoms with E-state index in [9.17, 15) is 19.2 Å². The van der Waals surface area contributed by atoms with Crippen molar-refractivity contribution in [2.24, 2.45) is 0 Å². The van der Waals surface area contributed by atoms with Gasteiger partial charge in [-0.15, -0.1) is 11.3 Å². The zero-order valence-corrected chi connectivity index (χ0v) is 20.8. The number of benzene rings is 2. The third-order valence-electron chi connectivity index (χ3n) is 5.50. The molecule has 1 aromatic heterocycles. The van der Waals surface area contributed by atoms with Crippen molar-refractivity contribution in [3.8, 4) is 5.75 Å². The minimum Gasteiger partial charge on any atom is -0.495 e. The molecular weight excluding hydrogens is 508 g/mol. The topological polar surface area (TPSA) is 127 Å². The fourth-order valence-electron chi connectivity index (χ4n) is 3.73. The number of rotatable bonds is 8. The van der Waals surface area contributed by atoms with E-state index < -0.39 is 35.9 Å². The van der Waals surface area contributed by atoms with Gasteiger partial charge in [0.15, 0.2) is 10.8 Å². The molecule has 0 saturated carbocycles. The molecule has 4 amide bonds. The minimum absolute atomic E-state index is 0.0313. The van der Waals surface area contributed by atoms with E-state index in [0.29, 0.717) is 11.3 Å². The van der Waals surface area contributed by atoms with Crippen LogP contribution >= 0.6 is 22.9 Å². The first-order chi connectivity index (χ1) is 17.3. The number of hydrogen-bond acceptors (Lipinski definition) is 8. The van der Waals surface area contributed by atoms with E-state index in [4.69, 9.17) is 16.3 Å². The van der Waals surface area contributed by atoms with Crippen LogP contribution in [0, 0.1) is 0 Å². The number of urea groups is 1. The summed E-state index contributed by atoms with van der Waals surface area (Å²) in [5.74, 6) is -1.47. The first-order valence-electron chi connectivity index (χ1n) is 10.7. The van der Waals surface area contributed by atoms with Gasteiger partial charge in [-0.3, -0.25) is 9.59 Å². The van der Waals surface area contributed by atoms with E-state index in [1.165, 1.54) is 25.7 Å². The molecule has 2 aromatic carbocycles. The summed E-state index contributed by atoms with van der Waals surface area (Å²) in [5, 5.41) is 7.08. The number of nitrogens with one attached hydrogen (secondary N) is 2. The Labute approximate surface area is 215 Å². The molecule has 4 rings (SSSR count). The number of halogens is 1. The molecule has 1 fully saturated rings. The second-order valence-electron chi connectivity index (χ2n) is 7.71. The SMILES string of the molecule is COC(=O)c1csc(NC(=O)C(Cc2ccccc2)N2C(=O)NC(c3ccc(OC)c(Cl)c3)C2=O)n1. The Hall–Kier alpha value is -3.96. The van der Waals surface area contributed by atoms with Crippen molar-refractivity contribution in [2.75, 3.05) is 19.5 Å². The summed E-state index contributed by atoms with van der Waals surface area (Å²) < 4.78 is 9.78. The summed E-state index contributed by atoms with van der Waals surface area (Å²) in [6, 6.07) is 10.8. The highest BCUT2D eigenvalue weighted by atomic mass is 35.5. The summed E-state index contributed by atoms with van der Waals surface area (Å²) in [5.41, 5.74) is 1.22. The Morgan fingerprint density at radius 1 is 1.19 bits per heavy atom. The van der Waals surface area contributed by atoms with Crippen molar-refractivity contribution in [3.05, 3.63) is 75.8 Å². The molecule has 2 atom stereocenters. The van der Waals surface area contributed by atoms with Gasteiger partial charge in [0.05, 0.1) is 19.2 Å². The van der Waals surface area contributed by atoms with Crippen LogP contribution in [0.3, 0.4) is 0 Å². The van der Waals surface area contributed by atoms with Crippen molar-refractivity contribution < 1.29 is 28.7 Å². The molecule has 0 radical (unpaired) electrons. The maximum Gasteiger partial charge on any atom is 0.357 e. The standard InChI is InChI=1S/C24H21ClN4O6S/c1-34-18-9-8-14(11-15(18)25)19-21(31)29(24(33)27-19)17(10-13-6-4-3-5-7-13)20(30)28-23-26-16(12-36-23)22(32)35-2/h3-9,11-12,17,19H,10H2,1-2H3,(H,27,33)(H,26,28,30). The average Bonchev–Trinajstić information content (AvgIpc) is 3.46. The number of thiazole rings is 1. The van der Waals surface area contributed by atoms with Gasteiger partial charge in [0.2, 0.25) is 5.91 Å². The lowest BCUT2D eigenvalue weighted by molar-refractivity contribution is -0.134. The second-order valence-corrected chi connectivity index (χ2v) is 8.97. The number of nitrogens with zero attached hydrogens (tertiary/aromatic N) is 2. The number of carbonyl (C=O) groups excluding carboxylic acids is 4. The third kappa shape index (κ3) is 5.16. The molecule has 1 aliphatic rings. The van der Waals surface area contributed by atoms with Crippen molar-refractivity contribution in [3.63, 3.8) is 0 Å². The third-order valence-corrected chi connectivity index (χ3v) is 6.55. The summed E-state index contributed by atoms with van der Waals surface area (Å²) >= 11 is 7.23. The molecule has 12 heteroatoms. The normalized spacial score (nSPS) is 15.9. The fourth-order valence-corrected chi connectivity index (χ4v) is 4.68. The van der Waals surface area contributed by atoms with Crippen LogP contribution in [0.25, 0.3) is 0 Å². The number of aromatic nitrogens is 1. The van der Waals surface area contributed by atoms with Crippen LogP contribution in [0.15, 0.2) is 53.9 Å². The van der Waals surface area contributed by atoms with Gasteiger partial charge < -0.3 is 20.1 Å². The predicted molar refractivity (Wildman–Crippen MR) is 132 cm³/mol. The first kappa shape index (κ1) is 25.1. The number of hydrogen-bond donors (Lipinski definition) is 2. The van der Waals surface area contributed by atoms with E-state index in [1.807, 2.05) is 6.07 Å². The van der Waals surface area contributed by atoms with Crippen LogP contribution in [0.2, 0.25) is 5.02 Å². The highest BCUT2D eigenvalue weighted by Gasteiger charge is 2.45. The van der Waals surface area contributed by atoms with Gasteiger partial charge in [-0.2, -0.15) is 0 Å². The van der Waals surface area contributed by atoms with Crippen LogP contribution in [-0.2, 0) is 20.7 Å². The molecule has 2 heterocycles. The van der Waals surface area contributed by atoms with Gasteiger partial charge in [0.25, 0.3) is 5.91 Å². The zero-order chi connectivity index (χ0) is 25.8. The quantitative estimate of drug-likeness (QED) is 0.338. The Kier molecular flexibility index (Phi) is 7.51. The summed E-state index contributed by atoms with van der Waals surface area (Å²) in [6.07, 6.45) is 0.0666. The number of amides is 4. The molecule has 0 aliphatic carbocycles. The second kappa shape index (κ2) is 10.8. The maximum atomic E-state index is 13.4. The van der Waals surface area contributed by atoms with Crippen LogP contribution in [-0.4, -0.2) is 54.0 Å². The lowest BCUT2D eigenvalue weighted by Gasteiger charge is -2.24. The van der Waals surface area contributed by atoms with Gasteiger partial charge in [-0.1, -0.05) is 48.0 Å². The molecule has 2 unspecified atom stereocenters. The lowest BCUT2D eigenvalue weighted by atomic mass is 10.0. The monoisotopic (exact) mass is 528 g/mol. The summed E-state index contributed by atoms with van der Waals surface area (Å²) in [6.45, 7) is 0. The molecule has 186 valence electrons. The van der Waals surface area contributed by atoms with Crippen molar-refractivity contribution in [2.45, 2.75) is 18.5 Å². The molecule has 2 N–H and O–H groups in total. The van der Waals surface area contributed by atoms with Gasteiger partial charge in [-0.25, -0.2) is 19.5 Å². The van der Waals surface area contributed by atoms with E-state index in [2.05, 4.69) is 20.4 Å². The first-order valence-corrected chi connectivity index (χ1v) is 11.9. The van der Waals surface area contributed by atoms with Crippen LogP contribution in [0.1, 0.15) is 27.7 Å². The van der Waals surface area contributed by atoms with Gasteiger partial charge >= 0.3 is 12.0 Å². The minimum atomic E-state index is -1.19. The van der Waals surface area contributed by atoms with Crippen LogP contribution in [0.5, 0.6) is 5.75 Å². The van der Waals surface area contributed by atoms with Crippen LogP contribution < -0.4 is 15.4 Å². The zero-order valence-electron chi connectivity index (χ0n) is 19.2. The molecule has 36 heavy (non-hydrogen) atoms. The smallest absolute Gasteiger partial charge is 0.357 e. The number of imide groups is 1. The number of ether oxygens (including phenoxy) is 2. The molecular formula is C24H21ClN4O6S. The van der Waals surface area contributed by atoms with Crippen LogP contribution in [0.4, 0.5) is 9.93 Å². The molecule has 1 saturated heterocycles. The Morgan fingerprint density at radius 3 is 2.61 bits per heavy atom. The average molecular weight is 529 g/mol. The van der Waals surface area contributed by atoms with Crippen molar-refractivity contribution in [1.82, 2.24) is 15.2 Å². The number of anilines is 1. The Morgan fingerprint density at radius 2 is 1.94 bits per heavy atom. The van der Waals surface area contributed by atoms with Crippen molar-refractivity contribution >= 4 is 51.9 Å². The fraction of sp³-hybridized carbons (Fsp3) is 0.208. The molecule has 3 aromatic rings. The van der Waals surface area contributed by atoms with Gasteiger partial charge in [0.1, 0.15) is 17.8 Å². The number of methoxy groups -OCH3 is 2. The molecule has 10 nitrogen and oxygen atoms in total. The largest absolute Gasteiger partial charge is 0.495 e. The van der Waals surface area contributed by atoms with E-state index in [1.54, 1.807) is 36.4 Å². The lowest BCUT2D eigenvalue weighted by Crippen LogP contribution is -2.49. The van der Waals surface area contributed by atoms with Crippen molar-refractivity contribution in [1.29, 1.82) is 0 Å². The van der Waals surface area contributed by atoms with E-state index >= 15 is 0 Å².